The molecule has 1 fully saturated rings. The first kappa shape index (κ1) is 36.4. The van der Waals surface area contributed by atoms with Crippen molar-refractivity contribution in [2.45, 2.75) is 71.1 Å². The highest BCUT2D eigenvalue weighted by Crippen LogP contribution is 2.37. The maximum atomic E-state index is 12.5. The molecule has 0 radical (unpaired) electrons. The van der Waals surface area contributed by atoms with Gasteiger partial charge in [-0.05, 0) is 37.3 Å². The van der Waals surface area contributed by atoms with Crippen molar-refractivity contribution < 1.29 is 44.6 Å². The van der Waals surface area contributed by atoms with E-state index in [0.717, 1.165) is 24.5 Å². The number of carboxylic acid groups (broad SMARTS) is 1. The summed E-state index contributed by atoms with van der Waals surface area (Å²) in [4.78, 5) is 24.1. The molecule has 6 N–H and O–H groups in total. The third-order valence-electron chi connectivity index (χ3n) is 7.10. The van der Waals surface area contributed by atoms with E-state index in [9.17, 15) is 35.1 Å². The van der Waals surface area contributed by atoms with Crippen LogP contribution < -0.4 is 5.63 Å². The summed E-state index contributed by atoms with van der Waals surface area (Å²) in [5.41, 5.74) is -0.298. The fourth-order valence-electron chi connectivity index (χ4n) is 4.61. The summed E-state index contributed by atoms with van der Waals surface area (Å²) in [6.07, 6.45) is 15.2. The summed E-state index contributed by atoms with van der Waals surface area (Å²) in [6, 6.07) is 1.16. The largest absolute Gasteiger partial charge is 0.507 e. The Hall–Kier alpha value is -3.80. The minimum absolute atomic E-state index is 0.0317. The standard InChI is InChI=1S/C34H44O10/c1-5-21(2)16-23(4)18-24(33(40)41)17-22(3)14-12-10-8-6-7-9-11-13-15-25-19-26(36)28(34(42)43-25)32-30(39)29(38)31(44-32)27(37)20-35/h6-15,17-19,21,23,27,29-32,35-39H,5,16,20H2,1-4H3,(H,40,41)/b7-6+,10-8+,11-9+,14-12+,15-13+,22-17+,24-18-. The Kier molecular flexibility index (Phi) is 15.0. The van der Waals surface area contributed by atoms with Crippen molar-refractivity contribution in [1.82, 2.24) is 0 Å². The smallest absolute Gasteiger partial charge is 0.345 e. The van der Waals surface area contributed by atoms with Crippen molar-refractivity contribution in [1.29, 1.82) is 0 Å². The Bertz CT molecular complexity index is 1360. The molecule has 1 saturated heterocycles. The van der Waals surface area contributed by atoms with E-state index in [1.54, 1.807) is 42.5 Å². The van der Waals surface area contributed by atoms with Gasteiger partial charge < -0.3 is 39.8 Å². The molecule has 1 aliphatic heterocycles. The molecular formula is C34H44O10. The molecule has 7 unspecified atom stereocenters. The summed E-state index contributed by atoms with van der Waals surface area (Å²) >= 11 is 0. The molecule has 0 spiro atoms. The lowest BCUT2D eigenvalue weighted by atomic mass is 9.93. The van der Waals surface area contributed by atoms with Crippen LogP contribution in [0.1, 0.15) is 58.0 Å². The zero-order valence-corrected chi connectivity index (χ0v) is 25.5. The van der Waals surface area contributed by atoms with Gasteiger partial charge in [0.15, 0.2) is 0 Å². The Labute approximate surface area is 257 Å². The van der Waals surface area contributed by atoms with Crippen molar-refractivity contribution in [3.05, 3.63) is 106 Å². The SMILES string of the molecule is CCC(C)CC(C)/C=C(/C=C(C)/C=C/C=C/C=C/C=C/C=C/c1cc(O)c(C2OC(C(O)CO)C(O)C2O)c(=O)o1)C(=O)O. The van der Waals surface area contributed by atoms with E-state index in [0.29, 0.717) is 5.92 Å². The molecular weight excluding hydrogens is 568 g/mol. The highest BCUT2D eigenvalue weighted by Gasteiger charge is 2.48. The number of hydrogen-bond donors (Lipinski definition) is 6. The molecule has 2 heterocycles. The van der Waals surface area contributed by atoms with Crippen LogP contribution in [0.5, 0.6) is 5.75 Å². The van der Waals surface area contributed by atoms with Crippen LogP contribution in [0.15, 0.2) is 93.3 Å². The zero-order valence-electron chi connectivity index (χ0n) is 25.5. The molecule has 1 aromatic rings. The first-order valence-corrected chi connectivity index (χ1v) is 14.5. The van der Waals surface area contributed by atoms with Gasteiger partial charge in [-0.3, -0.25) is 0 Å². The Morgan fingerprint density at radius 2 is 1.64 bits per heavy atom. The molecule has 7 atom stereocenters. The first-order chi connectivity index (χ1) is 20.9. The van der Waals surface area contributed by atoms with Gasteiger partial charge in [0.2, 0.25) is 0 Å². The van der Waals surface area contributed by atoms with E-state index in [1.807, 2.05) is 38.2 Å². The summed E-state index contributed by atoms with van der Waals surface area (Å²) in [7, 11) is 0. The lowest BCUT2D eigenvalue weighted by Crippen LogP contribution is -2.40. The average Bonchev–Trinajstić information content (AvgIpc) is 3.26. The first-order valence-electron chi connectivity index (χ1n) is 14.5. The predicted octanol–water partition coefficient (Wildman–Crippen LogP) is 4.13. The summed E-state index contributed by atoms with van der Waals surface area (Å²) < 4.78 is 10.5. The van der Waals surface area contributed by atoms with E-state index >= 15 is 0 Å². The third-order valence-corrected chi connectivity index (χ3v) is 7.10. The second-order valence-electron chi connectivity index (χ2n) is 10.9. The average molecular weight is 613 g/mol. The Balaban J connectivity index is 1.94. The van der Waals surface area contributed by atoms with Crippen molar-refractivity contribution >= 4 is 12.0 Å². The fourth-order valence-corrected chi connectivity index (χ4v) is 4.61. The number of carbonyl (C=O) groups is 1. The Morgan fingerprint density at radius 3 is 2.20 bits per heavy atom. The molecule has 0 saturated carbocycles. The van der Waals surface area contributed by atoms with Gasteiger partial charge in [-0.2, -0.15) is 0 Å². The second-order valence-corrected chi connectivity index (χ2v) is 10.9. The molecule has 1 aliphatic rings. The molecule has 0 bridgehead atoms. The normalized spacial score (nSPS) is 24.0. The topological polar surface area (TPSA) is 178 Å². The van der Waals surface area contributed by atoms with E-state index < -0.39 is 60.0 Å². The number of ether oxygens (including phenoxy) is 1. The van der Waals surface area contributed by atoms with E-state index in [-0.39, 0.29) is 17.3 Å². The number of aliphatic hydroxyl groups excluding tert-OH is 4. The number of allylic oxidation sites excluding steroid dienone is 11. The van der Waals surface area contributed by atoms with Gasteiger partial charge in [0.05, 0.1) is 12.2 Å². The van der Waals surface area contributed by atoms with Crippen LogP contribution in [0.2, 0.25) is 0 Å². The van der Waals surface area contributed by atoms with Gasteiger partial charge in [-0.15, -0.1) is 0 Å². The molecule has 44 heavy (non-hydrogen) atoms. The highest BCUT2D eigenvalue weighted by molar-refractivity contribution is 5.90. The third kappa shape index (κ3) is 11.0. The molecule has 240 valence electrons. The molecule has 1 aromatic heterocycles. The summed E-state index contributed by atoms with van der Waals surface area (Å²) in [5, 5.41) is 59.1. The zero-order chi connectivity index (χ0) is 32.8. The van der Waals surface area contributed by atoms with Crippen molar-refractivity contribution in [3.8, 4) is 5.75 Å². The van der Waals surface area contributed by atoms with Gasteiger partial charge >= 0.3 is 11.6 Å². The molecule has 2 rings (SSSR count). The molecule has 0 aromatic carbocycles. The second kappa shape index (κ2) is 18.1. The van der Waals surface area contributed by atoms with Crippen molar-refractivity contribution in [2.24, 2.45) is 11.8 Å². The van der Waals surface area contributed by atoms with Crippen LogP contribution in [-0.4, -0.2) is 67.6 Å². The maximum Gasteiger partial charge on any atom is 0.345 e. The highest BCUT2D eigenvalue weighted by atomic mass is 16.6. The lowest BCUT2D eigenvalue weighted by molar-refractivity contribution is -0.132. The lowest BCUT2D eigenvalue weighted by Gasteiger charge is -2.18. The summed E-state index contributed by atoms with van der Waals surface area (Å²) in [6.45, 7) is 7.43. The van der Waals surface area contributed by atoms with Crippen LogP contribution in [0, 0.1) is 11.8 Å². The number of aliphatic hydroxyl groups is 4. The molecule has 10 heteroatoms. The number of carboxylic acids is 1. The minimum atomic E-state index is -1.63. The Morgan fingerprint density at radius 1 is 1.02 bits per heavy atom. The molecule has 10 nitrogen and oxygen atoms in total. The number of aliphatic carboxylic acids is 1. The van der Waals surface area contributed by atoms with Gasteiger partial charge in [0, 0.05) is 6.07 Å². The van der Waals surface area contributed by atoms with E-state index in [2.05, 4.69) is 13.8 Å². The van der Waals surface area contributed by atoms with Gasteiger partial charge in [0.25, 0.3) is 0 Å². The number of aromatic hydroxyl groups is 1. The number of hydrogen-bond acceptors (Lipinski definition) is 9. The van der Waals surface area contributed by atoms with Crippen LogP contribution in [0.25, 0.3) is 6.08 Å². The fraction of sp³-hybridized carbons (Fsp3) is 0.412. The minimum Gasteiger partial charge on any atom is -0.507 e. The van der Waals surface area contributed by atoms with E-state index in [1.165, 1.54) is 6.08 Å². The maximum absolute atomic E-state index is 12.5. The van der Waals surface area contributed by atoms with Gasteiger partial charge in [0.1, 0.15) is 47.6 Å². The van der Waals surface area contributed by atoms with Crippen LogP contribution >= 0.6 is 0 Å². The monoisotopic (exact) mass is 612 g/mol. The predicted molar refractivity (Wildman–Crippen MR) is 168 cm³/mol. The van der Waals surface area contributed by atoms with Crippen molar-refractivity contribution in [3.63, 3.8) is 0 Å². The van der Waals surface area contributed by atoms with Crippen molar-refractivity contribution in [2.75, 3.05) is 6.61 Å². The summed E-state index contributed by atoms with van der Waals surface area (Å²) in [5.74, 6) is -0.720. The van der Waals surface area contributed by atoms with Gasteiger partial charge in [-0.25, -0.2) is 9.59 Å². The quantitative estimate of drug-likeness (QED) is 0.125. The van der Waals surface area contributed by atoms with Crippen LogP contribution in [0.3, 0.4) is 0 Å². The molecule has 0 aliphatic carbocycles. The van der Waals surface area contributed by atoms with Crippen LogP contribution in [-0.2, 0) is 9.53 Å². The van der Waals surface area contributed by atoms with Crippen LogP contribution in [0.4, 0.5) is 0 Å². The van der Waals surface area contributed by atoms with Gasteiger partial charge in [-0.1, -0.05) is 93.5 Å². The van der Waals surface area contributed by atoms with E-state index in [4.69, 9.17) is 14.3 Å². The number of rotatable bonds is 15. The molecule has 0 amide bonds.